The summed E-state index contributed by atoms with van der Waals surface area (Å²) in [6.07, 6.45) is 3.12. The van der Waals surface area contributed by atoms with Crippen molar-refractivity contribution >= 4 is 15.9 Å². The second-order valence-electron chi connectivity index (χ2n) is 6.87. The maximum Gasteiger partial charge on any atom is 0.248 e. The molecule has 1 amide bonds. The fourth-order valence-corrected chi connectivity index (χ4v) is 4.93. The van der Waals surface area contributed by atoms with E-state index in [-0.39, 0.29) is 10.8 Å². The number of sulfonamides is 1. The molecular formula is C16H26N4O4S. The standard InChI is InChI=1S/C16H26N4O4S/c1-12-16(13(2)24-18-12)25(22,23)20-7-3-6-19(8-9-20)15(21)11-17-10-14-4-5-14/h14,17H,3-11H2,1-2H3. The first kappa shape index (κ1) is 18.3. The van der Waals surface area contributed by atoms with Gasteiger partial charge in [-0.1, -0.05) is 5.16 Å². The van der Waals surface area contributed by atoms with Crippen molar-refractivity contribution < 1.29 is 17.7 Å². The third kappa shape index (κ3) is 4.21. The summed E-state index contributed by atoms with van der Waals surface area (Å²) < 4.78 is 32.2. The Balaban J connectivity index is 1.59. The Morgan fingerprint density at radius 2 is 2.00 bits per heavy atom. The van der Waals surface area contributed by atoms with Gasteiger partial charge in [0.25, 0.3) is 0 Å². The van der Waals surface area contributed by atoms with Crippen LogP contribution in [0, 0.1) is 19.8 Å². The van der Waals surface area contributed by atoms with E-state index in [0.717, 1.165) is 12.5 Å². The van der Waals surface area contributed by atoms with E-state index < -0.39 is 10.0 Å². The number of carbonyl (C=O) groups is 1. The summed E-state index contributed by atoms with van der Waals surface area (Å²) in [6.45, 7) is 6.13. The molecule has 1 aliphatic carbocycles. The van der Waals surface area contributed by atoms with Gasteiger partial charge in [0.2, 0.25) is 15.9 Å². The Morgan fingerprint density at radius 3 is 2.64 bits per heavy atom. The van der Waals surface area contributed by atoms with Crippen molar-refractivity contribution in [1.29, 1.82) is 0 Å². The molecule has 0 bridgehead atoms. The minimum absolute atomic E-state index is 0.0391. The van der Waals surface area contributed by atoms with Gasteiger partial charge in [-0.3, -0.25) is 4.79 Å². The lowest BCUT2D eigenvalue weighted by Crippen LogP contribution is -2.41. The largest absolute Gasteiger partial charge is 0.360 e. The van der Waals surface area contributed by atoms with Crippen LogP contribution in [0.5, 0.6) is 0 Å². The highest BCUT2D eigenvalue weighted by molar-refractivity contribution is 7.89. The molecule has 8 nitrogen and oxygen atoms in total. The van der Waals surface area contributed by atoms with E-state index in [9.17, 15) is 13.2 Å². The zero-order chi connectivity index (χ0) is 18.0. The zero-order valence-corrected chi connectivity index (χ0v) is 15.6. The molecule has 2 heterocycles. The molecule has 1 aromatic heterocycles. The molecule has 1 aliphatic heterocycles. The maximum atomic E-state index is 12.9. The predicted octanol–water partition coefficient (Wildman–Crippen LogP) is 0.514. The van der Waals surface area contributed by atoms with Crippen LogP contribution in [0.2, 0.25) is 0 Å². The van der Waals surface area contributed by atoms with Crippen LogP contribution < -0.4 is 5.32 Å². The van der Waals surface area contributed by atoms with Crippen molar-refractivity contribution in [3.8, 4) is 0 Å². The molecule has 3 rings (SSSR count). The van der Waals surface area contributed by atoms with Gasteiger partial charge >= 0.3 is 0 Å². The van der Waals surface area contributed by atoms with E-state index in [1.807, 2.05) is 0 Å². The number of carbonyl (C=O) groups excluding carboxylic acids is 1. The summed E-state index contributed by atoms with van der Waals surface area (Å²) >= 11 is 0. The molecule has 1 N–H and O–H groups in total. The van der Waals surface area contributed by atoms with Crippen molar-refractivity contribution in [3.63, 3.8) is 0 Å². The van der Waals surface area contributed by atoms with Gasteiger partial charge in [0.15, 0.2) is 5.76 Å². The number of amides is 1. The molecule has 1 saturated carbocycles. The van der Waals surface area contributed by atoms with Crippen molar-refractivity contribution in [2.24, 2.45) is 5.92 Å². The summed E-state index contributed by atoms with van der Waals surface area (Å²) in [5, 5.41) is 6.94. The smallest absolute Gasteiger partial charge is 0.248 e. The van der Waals surface area contributed by atoms with Gasteiger partial charge in [0.05, 0.1) is 6.54 Å². The minimum atomic E-state index is -3.65. The number of rotatable bonds is 6. The van der Waals surface area contributed by atoms with Crippen LogP contribution in [0.15, 0.2) is 9.42 Å². The molecule has 0 aromatic carbocycles. The quantitative estimate of drug-likeness (QED) is 0.784. The van der Waals surface area contributed by atoms with Gasteiger partial charge < -0.3 is 14.7 Å². The van der Waals surface area contributed by atoms with Crippen molar-refractivity contribution in [3.05, 3.63) is 11.5 Å². The average Bonchev–Trinajstić information content (AvgIpc) is 3.34. The minimum Gasteiger partial charge on any atom is -0.360 e. The van der Waals surface area contributed by atoms with E-state index in [2.05, 4.69) is 10.5 Å². The predicted molar refractivity (Wildman–Crippen MR) is 91.5 cm³/mol. The monoisotopic (exact) mass is 370 g/mol. The molecule has 1 aromatic rings. The lowest BCUT2D eigenvalue weighted by atomic mass is 10.3. The molecule has 0 atom stereocenters. The first-order valence-electron chi connectivity index (χ1n) is 8.81. The number of aryl methyl sites for hydroxylation is 2. The molecule has 140 valence electrons. The molecule has 1 saturated heterocycles. The number of aromatic nitrogens is 1. The molecule has 9 heteroatoms. The Bertz CT molecular complexity index is 707. The zero-order valence-electron chi connectivity index (χ0n) is 14.8. The van der Waals surface area contributed by atoms with Gasteiger partial charge in [0.1, 0.15) is 10.6 Å². The second-order valence-corrected chi connectivity index (χ2v) is 8.74. The fraction of sp³-hybridized carbons (Fsp3) is 0.750. The van der Waals surface area contributed by atoms with Crippen molar-refractivity contribution in [2.75, 3.05) is 39.3 Å². The topological polar surface area (TPSA) is 95.8 Å². The first-order valence-corrected chi connectivity index (χ1v) is 10.2. The van der Waals surface area contributed by atoms with Gasteiger partial charge in [-0.15, -0.1) is 0 Å². The van der Waals surface area contributed by atoms with Crippen LogP contribution in [0.4, 0.5) is 0 Å². The number of nitrogens with one attached hydrogen (secondary N) is 1. The number of hydrogen-bond donors (Lipinski definition) is 1. The Kier molecular flexibility index (Phi) is 5.45. The highest BCUT2D eigenvalue weighted by atomic mass is 32.2. The second kappa shape index (κ2) is 7.43. The lowest BCUT2D eigenvalue weighted by molar-refractivity contribution is -0.130. The molecule has 2 aliphatic rings. The van der Waals surface area contributed by atoms with Crippen LogP contribution in [0.25, 0.3) is 0 Å². The van der Waals surface area contributed by atoms with Gasteiger partial charge in [-0.2, -0.15) is 4.31 Å². The molecule has 0 radical (unpaired) electrons. The SMILES string of the molecule is Cc1noc(C)c1S(=O)(=O)N1CCCN(C(=O)CNCC2CC2)CC1. The molecule has 2 fully saturated rings. The number of hydrogen-bond acceptors (Lipinski definition) is 6. The van der Waals surface area contributed by atoms with Crippen LogP contribution in [-0.2, 0) is 14.8 Å². The summed E-state index contributed by atoms with van der Waals surface area (Å²) in [5.74, 6) is 1.07. The lowest BCUT2D eigenvalue weighted by Gasteiger charge is -2.22. The third-order valence-corrected chi connectivity index (χ3v) is 6.92. The van der Waals surface area contributed by atoms with E-state index in [1.54, 1.807) is 18.7 Å². The average molecular weight is 370 g/mol. The summed E-state index contributed by atoms with van der Waals surface area (Å²) in [4.78, 5) is 14.2. The van der Waals surface area contributed by atoms with Crippen LogP contribution in [0.1, 0.15) is 30.7 Å². The summed E-state index contributed by atoms with van der Waals surface area (Å²) in [7, 11) is -3.65. The van der Waals surface area contributed by atoms with E-state index in [0.29, 0.717) is 50.6 Å². The van der Waals surface area contributed by atoms with Gasteiger partial charge in [-0.05, 0) is 45.6 Å². The van der Waals surface area contributed by atoms with Crippen molar-refractivity contribution in [2.45, 2.75) is 38.0 Å². The van der Waals surface area contributed by atoms with Crippen LogP contribution in [0.3, 0.4) is 0 Å². The Hall–Kier alpha value is -1.45. The highest BCUT2D eigenvalue weighted by Gasteiger charge is 2.32. The van der Waals surface area contributed by atoms with Crippen LogP contribution in [-0.4, -0.2) is 68.0 Å². The fourth-order valence-electron chi connectivity index (χ4n) is 3.17. The third-order valence-electron chi connectivity index (χ3n) is 4.78. The highest BCUT2D eigenvalue weighted by Crippen LogP contribution is 2.27. The summed E-state index contributed by atoms with van der Waals surface area (Å²) in [6, 6.07) is 0. The summed E-state index contributed by atoms with van der Waals surface area (Å²) in [5.41, 5.74) is 0.374. The number of nitrogens with zero attached hydrogens (tertiary/aromatic N) is 3. The molecule has 0 unspecified atom stereocenters. The van der Waals surface area contributed by atoms with E-state index in [4.69, 9.17) is 4.52 Å². The maximum absolute atomic E-state index is 12.9. The van der Waals surface area contributed by atoms with E-state index >= 15 is 0 Å². The van der Waals surface area contributed by atoms with Gasteiger partial charge in [0, 0.05) is 26.2 Å². The van der Waals surface area contributed by atoms with Gasteiger partial charge in [-0.25, -0.2) is 8.42 Å². The van der Waals surface area contributed by atoms with Crippen LogP contribution >= 0.6 is 0 Å². The van der Waals surface area contributed by atoms with E-state index in [1.165, 1.54) is 17.1 Å². The Morgan fingerprint density at radius 1 is 1.24 bits per heavy atom. The van der Waals surface area contributed by atoms with Crippen molar-refractivity contribution in [1.82, 2.24) is 19.7 Å². The normalized spacial score (nSPS) is 19.8. The first-order chi connectivity index (χ1) is 11.9. The molecule has 25 heavy (non-hydrogen) atoms. The Labute approximate surface area is 148 Å². The molecular weight excluding hydrogens is 344 g/mol. The molecule has 0 spiro atoms.